The molecule has 0 amide bonds. The molecule has 2 aliphatic rings. The molecule has 1 fully saturated rings. The molecule has 1 heteroatoms. The Labute approximate surface area is 85.9 Å². The predicted octanol–water partition coefficient (Wildman–Crippen LogP) is 3.41. The van der Waals surface area contributed by atoms with Crippen LogP contribution in [0.3, 0.4) is 0 Å². The molecule has 0 heterocycles. The fourth-order valence-corrected chi connectivity index (χ4v) is 2.74. The van der Waals surface area contributed by atoms with Gasteiger partial charge in [-0.2, -0.15) is 0 Å². The van der Waals surface area contributed by atoms with Gasteiger partial charge in [-0.1, -0.05) is 24.1 Å². The van der Waals surface area contributed by atoms with Crippen LogP contribution < -0.4 is 0 Å². The molecule has 0 bridgehead atoms. The van der Waals surface area contributed by atoms with Crippen LogP contribution in [0.5, 0.6) is 0 Å². The summed E-state index contributed by atoms with van der Waals surface area (Å²) in [5, 5.41) is 0. The highest BCUT2D eigenvalue weighted by Gasteiger charge is 2.28. The first-order chi connectivity index (χ1) is 6.83. The van der Waals surface area contributed by atoms with Crippen molar-refractivity contribution < 1.29 is 4.79 Å². The first kappa shape index (κ1) is 9.70. The van der Waals surface area contributed by atoms with Crippen LogP contribution in [0.25, 0.3) is 0 Å². The van der Waals surface area contributed by atoms with Gasteiger partial charge in [0.1, 0.15) is 0 Å². The predicted molar refractivity (Wildman–Crippen MR) is 58.0 cm³/mol. The quantitative estimate of drug-likeness (QED) is 0.619. The van der Waals surface area contributed by atoms with E-state index in [1.54, 1.807) is 0 Å². The number of rotatable bonds is 1. The zero-order valence-corrected chi connectivity index (χ0v) is 8.88. The number of fused-ring (bicyclic) bond motifs is 1. The summed E-state index contributed by atoms with van der Waals surface area (Å²) in [6.07, 6.45) is 11.0. The summed E-state index contributed by atoms with van der Waals surface area (Å²) < 4.78 is 0. The molecule has 0 radical (unpaired) electrons. The van der Waals surface area contributed by atoms with Gasteiger partial charge in [0.05, 0.1) is 0 Å². The van der Waals surface area contributed by atoms with Crippen molar-refractivity contribution in [3.63, 3.8) is 0 Å². The van der Waals surface area contributed by atoms with Crippen LogP contribution in [0.4, 0.5) is 0 Å². The average molecular weight is 190 g/mol. The molecule has 0 aliphatic heterocycles. The fourth-order valence-electron chi connectivity index (χ4n) is 2.74. The Hall–Kier alpha value is -0.850. The van der Waals surface area contributed by atoms with E-state index in [0.29, 0.717) is 5.78 Å². The maximum absolute atomic E-state index is 11.7. The third-order valence-electron chi connectivity index (χ3n) is 3.44. The van der Waals surface area contributed by atoms with E-state index in [1.165, 1.54) is 24.8 Å². The second-order valence-corrected chi connectivity index (χ2v) is 4.34. The molecular formula is C13H18O. The third kappa shape index (κ3) is 1.68. The minimum Gasteiger partial charge on any atom is -0.294 e. The molecule has 1 unspecified atom stereocenters. The Balaban J connectivity index is 2.34. The molecule has 1 saturated carbocycles. The zero-order valence-electron chi connectivity index (χ0n) is 8.88. The second-order valence-electron chi connectivity index (χ2n) is 4.34. The molecule has 0 N–H and O–H groups in total. The van der Waals surface area contributed by atoms with Crippen LogP contribution in [-0.2, 0) is 4.79 Å². The van der Waals surface area contributed by atoms with Crippen LogP contribution in [-0.4, -0.2) is 5.78 Å². The van der Waals surface area contributed by atoms with Crippen LogP contribution >= 0.6 is 0 Å². The molecular weight excluding hydrogens is 172 g/mol. The van der Waals surface area contributed by atoms with Gasteiger partial charge in [0.15, 0.2) is 5.78 Å². The monoisotopic (exact) mass is 190 g/mol. The van der Waals surface area contributed by atoms with Crippen LogP contribution in [0.2, 0.25) is 0 Å². The van der Waals surface area contributed by atoms with Crippen LogP contribution in [0.15, 0.2) is 23.3 Å². The van der Waals surface area contributed by atoms with Gasteiger partial charge in [-0.05, 0) is 38.5 Å². The summed E-state index contributed by atoms with van der Waals surface area (Å²) in [6.45, 7) is 1.99. The molecule has 0 saturated heterocycles. The number of hydrogen-bond acceptors (Lipinski definition) is 1. The first-order valence-corrected chi connectivity index (χ1v) is 5.72. The Kier molecular flexibility index (Phi) is 2.85. The van der Waals surface area contributed by atoms with Crippen molar-refractivity contribution in [1.82, 2.24) is 0 Å². The van der Waals surface area contributed by atoms with Crippen molar-refractivity contribution in [3.05, 3.63) is 23.3 Å². The lowest BCUT2D eigenvalue weighted by Crippen LogP contribution is -2.21. The Morgan fingerprint density at radius 1 is 1.21 bits per heavy atom. The summed E-state index contributed by atoms with van der Waals surface area (Å²) >= 11 is 0. The smallest absolute Gasteiger partial charge is 0.162 e. The topological polar surface area (TPSA) is 17.1 Å². The standard InChI is InChI=1S/C13H18O/c1-2-5-12-11-7-4-3-6-10(11)8-9-13(12)14/h2,5,10H,3-4,6-9H2,1H3/b5-2+. The summed E-state index contributed by atoms with van der Waals surface area (Å²) in [7, 11) is 0. The second kappa shape index (κ2) is 4.12. The first-order valence-electron chi connectivity index (χ1n) is 5.72. The van der Waals surface area contributed by atoms with Gasteiger partial charge >= 0.3 is 0 Å². The van der Waals surface area contributed by atoms with Gasteiger partial charge < -0.3 is 0 Å². The number of hydrogen-bond donors (Lipinski definition) is 0. The van der Waals surface area contributed by atoms with Gasteiger partial charge in [0.25, 0.3) is 0 Å². The number of allylic oxidation sites excluding steroid dienone is 4. The van der Waals surface area contributed by atoms with Gasteiger partial charge in [-0.15, -0.1) is 0 Å². The molecule has 76 valence electrons. The van der Waals surface area contributed by atoms with Crippen LogP contribution in [0, 0.1) is 5.92 Å². The molecule has 1 nitrogen and oxygen atoms in total. The van der Waals surface area contributed by atoms with Crippen LogP contribution in [0.1, 0.15) is 45.4 Å². The average Bonchev–Trinajstić information content (AvgIpc) is 2.23. The van der Waals surface area contributed by atoms with Crippen molar-refractivity contribution in [2.24, 2.45) is 5.92 Å². The van der Waals surface area contributed by atoms with Gasteiger partial charge in [0, 0.05) is 12.0 Å². The van der Waals surface area contributed by atoms with E-state index in [4.69, 9.17) is 0 Å². The van der Waals surface area contributed by atoms with E-state index < -0.39 is 0 Å². The number of Topliss-reactive ketones (excluding diaryl/α,β-unsaturated/α-hetero) is 1. The number of carbonyl (C=O) groups is 1. The van der Waals surface area contributed by atoms with Crippen molar-refractivity contribution in [2.45, 2.75) is 45.4 Å². The van der Waals surface area contributed by atoms with E-state index in [1.807, 2.05) is 19.1 Å². The van der Waals surface area contributed by atoms with Crippen molar-refractivity contribution >= 4 is 5.78 Å². The summed E-state index contributed by atoms with van der Waals surface area (Å²) in [5.74, 6) is 1.10. The summed E-state index contributed by atoms with van der Waals surface area (Å²) in [6, 6.07) is 0. The highest BCUT2D eigenvalue weighted by atomic mass is 16.1. The largest absolute Gasteiger partial charge is 0.294 e. The van der Waals surface area contributed by atoms with E-state index in [2.05, 4.69) is 0 Å². The minimum absolute atomic E-state index is 0.372. The molecule has 1 atom stereocenters. The summed E-state index contributed by atoms with van der Waals surface area (Å²) in [4.78, 5) is 11.7. The van der Waals surface area contributed by atoms with Crippen molar-refractivity contribution in [2.75, 3.05) is 0 Å². The third-order valence-corrected chi connectivity index (χ3v) is 3.44. The maximum Gasteiger partial charge on any atom is 0.162 e. The Morgan fingerprint density at radius 3 is 2.86 bits per heavy atom. The van der Waals surface area contributed by atoms with E-state index in [-0.39, 0.29) is 0 Å². The zero-order chi connectivity index (χ0) is 9.97. The molecule has 2 rings (SSSR count). The van der Waals surface area contributed by atoms with Gasteiger partial charge in [0.2, 0.25) is 0 Å². The fraction of sp³-hybridized carbons (Fsp3) is 0.615. The molecule has 0 aromatic heterocycles. The highest BCUT2D eigenvalue weighted by Crippen LogP contribution is 2.38. The molecule has 14 heavy (non-hydrogen) atoms. The highest BCUT2D eigenvalue weighted by molar-refractivity contribution is 5.99. The SMILES string of the molecule is C/C=C/C1=C2CCCCC2CCC1=O. The normalized spacial score (nSPS) is 28.4. The lowest BCUT2D eigenvalue weighted by Gasteiger charge is -2.30. The Morgan fingerprint density at radius 2 is 2.07 bits per heavy atom. The number of carbonyl (C=O) groups excluding carboxylic acids is 1. The van der Waals surface area contributed by atoms with Gasteiger partial charge in [-0.3, -0.25) is 4.79 Å². The Bertz CT molecular complexity index is 296. The van der Waals surface area contributed by atoms with Crippen molar-refractivity contribution in [1.29, 1.82) is 0 Å². The van der Waals surface area contributed by atoms with E-state index >= 15 is 0 Å². The van der Waals surface area contributed by atoms with E-state index in [9.17, 15) is 4.79 Å². The van der Waals surface area contributed by atoms with Crippen molar-refractivity contribution in [3.8, 4) is 0 Å². The molecule has 0 spiro atoms. The molecule has 0 aromatic carbocycles. The maximum atomic E-state index is 11.7. The molecule has 0 aromatic rings. The summed E-state index contributed by atoms with van der Waals surface area (Å²) in [5.41, 5.74) is 2.51. The lowest BCUT2D eigenvalue weighted by atomic mass is 9.74. The minimum atomic E-state index is 0.372. The molecule has 2 aliphatic carbocycles. The number of ketones is 1. The van der Waals surface area contributed by atoms with E-state index in [0.717, 1.165) is 30.8 Å². The van der Waals surface area contributed by atoms with Gasteiger partial charge in [-0.25, -0.2) is 0 Å². The lowest BCUT2D eigenvalue weighted by molar-refractivity contribution is -0.116.